The molecule has 0 spiro atoms. The first-order valence-corrected chi connectivity index (χ1v) is 6.55. The topological polar surface area (TPSA) is 26.0 Å². The molecule has 0 radical (unpaired) electrons. The highest BCUT2D eigenvalue weighted by atomic mass is 79.9. The molecule has 0 saturated heterocycles. The van der Waals surface area contributed by atoms with Gasteiger partial charge in [0.2, 0.25) is 0 Å². The number of aryl methyl sites for hydroxylation is 2. The molecule has 2 aromatic carbocycles. The van der Waals surface area contributed by atoms with Gasteiger partial charge in [0.05, 0.1) is 6.04 Å². The monoisotopic (exact) mass is 307 g/mol. The third kappa shape index (κ3) is 2.79. The molecule has 1 unspecified atom stereocenters. The van der Waals surface area contributed by atoms with E-state index in [-0.39, 0.29) is 11.9 Å². The van der Waals surface area contributed by atoms with Crippen LogP contribution in [-0.2, 0) is 0 Å². The second-order valence-electron chi connectivity index (χ2n) is 4.54. The summed E-state index contributed by atoms with van der Waals surface area (Å²) in [6.45, 7) is 3.90. The highest BCUT2D eigenvalue weighted by Gasteiger charge is 2.12. The number of hydrogen-bond donors (Lipinski definition) is 1. The van der Waals surface area contributed by atoms with Gasteiger partial charge >= 0.3 is 0 Å². The van der Waals surface area contributed by atoms with Crippen molar-refractivity contribution in [1.82, 2.24) is 0 Å². The van der Waals surface area contributed by atoms with E-state index in [1.807, 2.05) is 26.0 Å². The lowest BCUT2D eigenvalue weighted by Gasteiger charge is -2.16. The van der Waals surface area contributed by atoms with E-state index < -0.39 is 0 Å². The standard InChI is InChI=1S/C15H15BrFN/c1-9-5-11(8-12(16)6-9)15(18)14-4-3-13(17)7-10(14)2/h3-8,15H,18H2,1-2H3. The molecule has 0 aromatic heterocycles. The number of nitrogens with two attached hydrogens (primary N) is 1. The van der Waals surface area contributed by atoms with Crippen molar-refractivity contribution < 1.29 is 4.39 Å². The third-order valence-corrected chi connectivity index (χ3v) is 3.45. The first-order valence-electron chi connectivity index (χ1n) is 5.76. The van der Waals surface area contributed by atoms with Crippen LogP contribution in [0.4, 0.5) is 4.39 Å². The van der Waals surface area contributed by atoms with Crippen LogP contribution >= 0.6 is 15.9 Å². The van der Waals surface area contributed by atoms with Gasteiger partial charge in [0, 0.05) is 4.47 Å². The zero-order valence-corrected chi connectivity index (χ0v) is 12.0. The fourth-order valence-corrected chi connectivity index (χ4v) is 2.74. The molecule has 0 aliphatic carbocycles. The third-order valence-electron chi connectivity index (χ3n) is 2.99. The molecule has 2 N–H and O–H groups in total. The lowest BCUT2D eigenvalue weighted by Crippen LogP contribution is -2.13. The molecule has 2 rings (SSSR count). The van der Waals surface area contributed by atoms with Gasteiger partial charge in [0.25, 0.3) is 0 Å². The van der Waals surface area contributed by atoms with Gasteiger partial charge in [-0.3, -0.25) is 0 Å². The van der Waals surface area contributed by atoms with E-state index in [9.17, 15) is 4.39 Å². The van der Waals surface area contributed by atoms with Crippen LogP contribution in [0.15, 0.2) is 40.9 Å². The fourth-order valence-electron chi connectivity index (χ4n) is 2.11. The van der Waals surface area contributed by atoms with Gasteiger partial charge in [-0.25, -0.2) is 4.39 Å². The average Bonchev–Trinajstić information content (AvgIpc) is 2.26. The van der Waals surface area contributed by atoms with E-state index in [0.717, 1.165) is 26.7 Å². The minimum absolute atomic E-state index is 0.228. The van der Waals surface area contributed by atoms with Crippen molar-refractivity contribution >= 4 is 15.9 Å². The van der Waals surface area contributed by atoms with Crippen molar-refractivity contribution in [2.75, 3.05) is 0 Å². The van der Waals surface area contributed by atoms with E-state index in [2.05, 4.69) is 22.0 Å². The summed E-state index contributed by atoms with van der Waals surface area (Å²) in [4.78, 5) is 0. The lowest BCUT2D eigenvalue weighted by atomic mass is 9.95. The summed E-state index contributed by atoms with van der Waals surface area (Å²) >= 11 is 3.47. The maximum absolute atomic E-state index is 13.1. The molecule has 0 aliphatic heterocycles. The average molecular weight is 308 g/mol. The number of halogens is 2. The largest absolute Gasteiger partial charge is 0.320 e. The van der Waals surface area contributed by atoms with E-state index in [4.69, 9.17) is 5.73 Å². The molecule has 0 saturated carbocycles. The molecule has 94 valence electrons. The van der Waals surface area contributed by atoms with Gasteiger partial charge in [-0.1, -0.05) is 28.1 Å². The molecule has 0 aliphatic rings. The summed E-state index contributed by atoms with van der Waals surface area (Å²) in [5.74, 6) is -0.228. The molecular formula is C15H15BrFN. The summed E-state index contributed by atoms with van der Waals surface area (Å²) in [6, 6.07) is 10.6. The van der Waals surface area contributed by atoms with Crippen LogP contribution in [0.2, 0.25) is 0 Å². The Bertz CT molecular complexity index is 560. The maximum atomic E-state index is 13.1. The van der Waals surface area contributed by atoms with Crippen LogP contribution in [0.3, 0.4) is 0 Å². The molecule has 0 fully saturated rings. The van der Waals surface area contributed by atoms with Crippen molar-refractivity contribution in [2.45, 2.75) is 19.9 Å². The zero-order chi connectivity index (χ0) is 13.3. The molecule has 3 heteroatoms. The normalized spacial score (nSPS) is 12.5. The second kappa shape index (κ2) is 5.21. The smallest absolute Gasteiger partial charge is 0.123 e. The molecule has 0 heterocycles. The Morgan fingerprint density at radius 1 is 1.11 bits per heavy atom. The number of benzene rings is 2. The molecule has 1 nitrogen and oxygen atoms in total. The Morgan fingerprint density at radius 2 is 1.83 bits per heavy atom. The van der Waals surface area contributed by atoms with Crippen LogP contribution < -0.4 is 5.73 Å². The zero-order valence-electron chi connectivity index (χ0n) is 10.4. The molecular weight excluding hydrogens is 293 g/mol. The van der Waals surface area contributed by atoms with Crippen LogP contribution in [0.5, 0.6) is 0 Å². The summed E-state index contributed by atoms with van der Waals surface area (Å²) in [5.41, 5.74) is 10.3. The Kier molecular flexibility index (Phi) is 3.83. The Balaban J connectivity index is 2.44. The molecule has 18 heavy (non-hydrogen) atoms. The van der Waals surface area contributed by atoms with Gasteiger partial charge in [0.15, 0.2) is 0 Å². The van der Waals surface area contributed by atoms with Gasteiger partial charge in [0.1, 0.15) is 5.82 Å². The number of hydrogen-bond acceptors (Lipinski definition) is 1. The van der Waals surface area contributed by atoms with Crippen molar-refractivity contribution in [3.8, 4) is 0 Å². The van der Waals surface area contributed by atoms with E-state index in [0.29, 0.717) is 0 Å². The van der Waals surface area contributed by atoms with Crippen molar-refractivity contribution in [3.05, 3.63) is 68.9 Å². The van der Waals surface area contributed by atoms with Crippen molar-refractivity contribution in [3.63, 3.8) is 0 Å². The minimum atomic E-state index is -0.234. The fraction of sp³-hybridized carbons (Fsp3) is 0.200. The summed E-state index contributed by atoms with van der Waals surface area (Å²) in [7, 11) is 0. The van der Waals surface area contributed by atoms with Crippen LogP contribution in [0.1, 0.15) is 28.3 Å². The first-order chi connectivity index (χ1) is 8.47. The highest BCUT2D eigenvalue weighted by Crippen LogP contribution is 2.26. The minimum Gasteiger partial charge on any atom is -0.320 e. The van der Waals surface area contributed by atoms with Crippen molar-refractivity contribution in [1.29, 1.82) is 0 Å². The lowest BCUT2D eigenvalue weighted by molar-refractivity contribution is 0.624. The van der Waals surface area contributed by atoms with Gasteiger partial charge < -0.3 is 5.73 Å². The predicted molar refractivity (Wildman–Crippen MR) is 76.0 cm³/mol. The second-order valence-corrected chi connectivity index (χ2v) is 5.46. The molecule has 2 aromatic rings. The maximum Gasteiger partial charge on any atom is 0.123 e. The highest BCUT2D eigenvalue weighted by molar-refractivity contribution is 9.10. The Hall–Kier alpha value is -1.19. The summed E-state index contributed by atoms with van der Waals surface area (Å²) in [5, 5.41) is 0. The van der Waals surface area contributed by atoms with E-state index in [1.165, 1.54) is 12.1 Å². The van der Waals surface area contributed by atoms with Crippen LogP contribution in [0, 0.1) is 19.7 Å². The van der Waals surface area contributed by atoms with Crippen LogP contribution in [0.25, 0.3) is 0 Å². The van der Waals surface area contributed by atoms with Gasteiger partial charge in [-0.05, 0) is 60.4 Å². The quantitative estimate of drug-likeness (QED) is 0.881. The Labute approximate surface area is 115 Å². The Morgan fingerprint density at radius 3 is 2.44 bits per heavy atom. The van der Waals surface area contributed by atoms with Crippen LogP contribution in [-0.4, -0.2) is 0 Å². The molecule has 0 bridgehead atoms. The SMILES string of the molecule is Cc1cc(Br)cc(C(N)c2ccc(F)cc2C)c1. The van der Waals surface area contributed by atoms with Gasteiger partial charge in [-0.15, -0.1) is 0 Å². The summed E-state index contributed by atoms with van der Waals surface area (Å²) in [6.07, 6.45) is 0. The van der Waals surface area contributed by atoms with Crippen molar-refractivity contribution in [2.24, 2.45) is 5.73 Å². The first kappa shape index (κ1) is 13.2. The van der Waals surface area contributed by atoms with E-state index in [1.54, 1.807) is 6.07 Å². The predicted octanol–water partition coefficient (Wildman–Crippen LogP) is 4.25. The molecule has 1 atom stereocenters. The summed E-state index contributed by atoms with van der Waals surface area (Å²) < 4.78 is 14.1. The number of rotatable bonds is 2. The molecule has 0 amide bonds. The van der Waals surface area contributed by atoms with Gasteiger partial charge in [-0.2, -0.15) is 0 Å². The van der Waals surface area contributed by atoms with E-state index >= 15 is 0 Å².